The number of benzene rings is 1. The van der Waals surface area contributed by atoms with Gasteiger partial charge in [-0.2, -0.15) is 0 Å². The minimum atomic E-state index is -0.113. The summed E-state index contributed by atoms with van der Waals surface area (Å²) in [5, 5.41) is 4.87. The highest BCUT2D eigenvalue weighted by Gasteiger charge is 2.16. The number of nitrogens with one attached hydrogen (secondary N) is 1. The lowest BCUT2D eigenvalue weighted by Crippen LogP contribution is -2.38. The number of ether oxygens (including phenoxy) is 1. The van der Waals surface area contributed by atoms with Crippen LogP contribution in [0.2, 0.25) is 0 Å². The number of morpholine rings is 1. The summed E-state index contributed by atoms with van der Waals surface area (Å²) in [7, 11) is 0. The van der Waals surface area contributed by atoms with Gasteiger partial charge in [0.05, 0.1) is 29.1 Å². The van der Waals surface area contributed by atoms with E-state index < -0.39 is 0 Å². The average molecular weight is 356 g/mol. The molecule has 1 aliphatic heterocycles. The maximum absolute atomic E-state index is 12.4. The molecular weight excluding hydrogens is 336 g/mol. The highest BCUT2D eigenvalue weighted by molar-refractivity contribution is 7.12. The molecule has 6 nitrogen and oxygen atoms in total. The maximum Gasteiger partial charge on any atom is 0.268 e. The lowest BCUT2D eigenvalue weighted by molar-refractivity contribution is 0.0366. The molecule has 3 aromatic rings. The molecule has 0 bridgehead atoms. The standard InChI is InChI=1S/C18H20N4O2S/c23-17(16-6-3-13-25-16)20-18-19-14-4-1-2-5-15(14)22(18)8-7-21-9-11-24-12-10-21/h1-6,13H,7-12H2,(H,19,20,23). The Morgan fingerprint density at radius 3 is 2.80 bits per heavy atom. The van der Waals surface area contributed by atoms with Crippen LogP contribution in [0.4, 0.5) is 5.95 Å². The molecule has 1 aromatic carbocycles. The van der Waals surface area contributed by atoms with Crippen LogP contribution in [0.1, 0.15) is 9.67 Å². The number of hydrogen-bond acceptors (Lipinski definition) is 5. The molecule has 25 heavy (non-hydrogen) atoms. The molecule has 1 aliphatic rings. The van der Waals surface area contributed by atoms with Crippen molar-refractivity contribution in [2.24, 2.45) is 0 Å². The number of aromatic nitrogens is 2. The van der Waals surface area contributed by atoms with Crippen molar-refractivity contribution in [2.75, 3.05) is 38.2 Å². The topological polar surface area (TPSA) is 59.4 Å². The van der Waals surface area contributed by atoms with Gasteiger partial charge in [-0.3, -0.25) is 15.0 Å². The number of anilines is 1. The van der Waals surface area contributed by atoms with E-state index >= 15 is 0 Å². The average Bonchev–Trinajstić information content (AvgIpc) is 3.29. The van der Waals surface area contributed by atoms with Gasteiger partial charge in [0.2, 0.25) is 5.95 Å². The first-order valence-corrected chi connectivity index (χ1v) is 9.29. The first kappa shape index (κ1) is 16.3. The zero-order chi connectivity index (χ0) is 17.1. The summed E-state index contributed by atoms with van der Waals surface area (Å²) in [6, 6.07) is 11.7. The highest BCUT2D eigenvalue weighted by atomic mass is 32.1. The van der Waals surface area contributed by atoms with Gasteiger partial charge < -0.3 is 9.30 Å². The SMILES string of the molecule is O=C(Nc1nc2ccccc2n1CCN1CCOCC1)c1cccs1. The van der Waals surface area contributed by atoms with E-state index in [9.17, 15) is 4.79 Å². The third kappa shape index (κ3) is 3.58. The Labute approximate surface area is 150 Å². The molecule has 2 aromatic heterocycles. The van der Waals surface area contributed by atoms with Crippen molar-refractivity contribution >= 4 is 34.2 Å². The Kier molecular flexibility index (Phi) is 4.78. The normalized spacial score (nSPS) is 15.5. The molecule has 0 aliphatic carbocycles. The van der Waals surface area contributed by atoms with E-state index in [2.05, 4.69) is 19.8 Å². The number of thiophene rings is 1. The van der Waals surface area contributed by atoms with Crippen LogP contribution in [0.15, 0.2) is 41.8 Å². The highest BCUT2D eigenvalue weighted by Crippen LogP contribution is 2.21. The van der Waals surface area contributed by atoms with Crippen molar-refractivity contribution in [1.29, 1.82) is 0 Å². The third-order valence-corrected chi connectivity index (χ3v) is 5.24. The molecule has 1 fully saturated rings. The van der Waals surface area contributed by atoms with Gasteiger partial charge in [-0.1, -0.05) is 18.2 Å². The molecule has 130 valence electrons. The lowest BCUT2D eigenvalue weighted by atomic mass is 10.3. The quantitative estimate of drug-likeness (QED) is 0.764. The molecule has 4 rings (SSSR count). The predicted molar refractivity (Wildman–Crippen MR) is 99.3 cm³/mol. The van der Waals surface area contributed by atoms with Crippen LogP contribution in [0, 0.1) is 0 Å². The van der Waals surface area contributed by atoms with Crippen LogP contribution in [0.25, 0.3) is 11.0 Å². The molecule has 0 radical (unpaired) electrons. The van der Waals surface area contributed by atoms with Crippen LogP contribution in [-0.2, 0) is 11.3 Å². The number of amides is 1. The van der Waals surface area contributed by atoms with Gasteiger partial charge in [-0.15, -0.1) is 11.3 Å². The fraction of sp³-hybridized carbons (Fsp3) is 0.333. The summed E-state index contributed by atoms with van der Waals surface area (Å²) in [6.07, 6.45) is 0. The Morgan fingerprint density at radius 2 is 2.00 bits per heavy atom. The maximum atomic E-state index is 12.4. The van der Waals surface area contributed by atoms with Crippen LogP contribution in [0.3, 0.4) is 0 Å². The number of rotatable bonds is 5. The second-order valence-electron chi connectivity index (χ2n) is 5.96. The van der Waals surface area contributed by atoms with Crippen molar-refractivity contribution in [1.82, 2.24) is 14.5 Å². The molecule has 0 spiro atoms. The number of fused-ring (bicyclic) bond motifs is 1. The second kappa shape index (κ2) is 7.35. The molecule has 1 N–H and O–H groups in total. The first-order chi connectivity index (χ1) is 12.3. The summed E-state index contributed by atoms with van der Waals surface area (Å²) in [6.45, 7) is 5.15. The van der Waals surface area contributed by atoms with Crippen molar-refractivity contribution in [3.8, 4) is 0 Å². The van der Waals surface area contributed by atoms with Crippen molar-refractivity contribution < 1.29 is 9.53 Å². The van der Waals surface area contributed by atoms with Gasteiger partial charge in [-0.05, 0) is 23.6 Å². The summed E-state index contributed by atoms with van der Waals surface area (Å²) in [5.41, 5.74) is 1.93. The minimum Gasteiger partial charge on any atom is -0.379 e. The molecule has 7 heteroatoms. The number of nitrogens with zero attached hydrogens (tertiary/aromatic N) is 3. The number of carbonyl (C=O) groups is 1. The molecule has 0 atom stereocenters. The fourth-order valence-corrected chi connectivity index (χ4v) is 3.65. The van der Waals surface area contributed by atoms with Gasteiger partial charge in [0, 0.05) is 26.2 Å². The largest absolute Gasteiger partial charge is 0.379 e. The Bertz CT molecular complexity index is 853. The Hall–Kier alpha value is -2.22. The molecular formula is C18H20N4O2S. The van der Waals surface area contributed by atoms with Gasteiger partial charge in [0.1, 0.15) is 0 Å². The molecule has 0 saturated carbocycles. The van der Waals surface area contributed by atoms with E-state index in [0.717, 1.165) is 50.4 Å². The molecule has 1 saturated heterocycles. The summed E-state index contributed by atoms with van der Waals surface area (Å²) in [5.74, 6) is 0.491. The monoisotopic (exact) mass is 356 g/mol. The predicted octanol–water partition coefficient (Wildman–Crippen LogP) is 2.68. The molecule has 0 unspecified atom stereocenters. The number of para-hydroxylation sites is 2. The van der Waals surface area contributed by atoms with Crippen LogP contribution >= 0.6 is 11.3 Å². The van der Waals surface area contributed by atoms with Crippen LogP contribution < -0.4 is 5.32 Å². The zero-order valence-electron chi connectivity index (χ0n) is 13.9. The lowest BCUT2D eigenvalue weighted by Gasteiger charge is -2.26. The fourth-order valence-electron chi connectivity index (χ4n) is 3.03. The van der Waals surface area contributed by atoms with Gasteiger partial charge in [0.25, 0.3) is 5.91 Å². The summed E-state index contributed by atoms with van der Waals surface area (Å²) < 4.78 is 7.50. The van der Waals surface area contributed by atoms with Crippen LogP contribution in [0.5, 0.6) is 0 Å². The second-order valence-corrected chi connectivity index (χ2v) is 6.91. The van der Waals surface area contributed by atoms with Crippen molar-refractivity contribution in [3.63, 3.8) is 0 Å². The summed E-state index contributed by atoms with van der Waals surface area (Å²) in [4.78, 5) is 20.1. The Morgan fingerprint density at radius 1 is 1.16 bits per heavy atom. The number of imidazole rings is 1. The number of carbonyl (C=O) groups excluding carboxylic acids is 1. The van der Waals surface area contributed by atoms with Crippen molar-refractivity contribution in [3.05, 3.63) is 46.7 Å². The van der Waals surface area contributed by atoms with E-state index in [1.54, 1.807) is 0 Å². The van der Waals surface area contributed by atoms with Crippen molar-refractivity contribution in [2.45, 2.75) is 6.54 Å². The third-order valence-electron chi connectivity index (χ3n) is 4.37. The molecule has 3 heterocycles. The minimum absolute atomic E-state index is 0.113. The van der Waals surface area contributed by atoms with E-state index in [1.165, 1.54) is 11.3 Å². The smallest absolute Gasteiger partial charge is 0.268 e. The van der Waals surface area contributed by atoms with E-state index in [0.29, 0.717) is 10.8 Å². The number of hydrogen-bond donors (Lipinski definition) is 1. The van der Waals surface area contributed by atoms with E-state index in [4.69, 9.17) is 4.74 Å². The van der Waals surface area contributed by atoms with Gasteiger partial charge in [-0.25, -0.2) is 4.98 Å². The van der Waals surface area contributed by atoms with E-state index in [1.807, 2.05) is 41.8 Å². The van der Waals surface area contributed by atoms with Crippen LogP contribution in [-0.4, -0.2) is 53.2 Å². The zero-order valence-corrected chi connectivity index (χ0v) is 14.7. The van der Waals surface area contributed by atoms with Gasteiger partial charge in [0.15, 0.2) is 0 Å². The molecule has 1 amide bonds. The Balaban J connectivity index is 1.57. The summed E-state index contributed by atoms with van der Waals surface area (Å²) >= 11 is 1.43. The first-order valence-electron chi connectivity index (χ1n) is 8.41. The van der Waals surface area contributed by atoms with E-state index in [-0.39, 0.29) is 5.91 Å². The van der Waals surface area contributed by atoms with Gasteiger partial charge >= 0.3 is 0 Å².